The number of nitrogens with zero attached hydrogens (tertiary/aromatic N) is 5. The number of amides is 1. The first kappa shape index (κ1) is 26.2. The molecular weight excluding hydrogens is 536 g/mol. The van der Waals surface area contributed by atoms with Crippen LogP contribution in [0, 0.1) is 0 Å². The Hall–Kier alpha value is -2.39. The number of hydrogen-bond donors (Lipinski definition) is 1. The molecule has 1 N–H and O–H groups in total. The molecule has 0 spiro atoms. The zero-order valence-electron chi connectivity index (χ0n) is 20.5. The molecule has 11 nitrogen and oxygen atoms in total. The standard InChI is InChI=1S/C23H30N6O5S3/c1-27-12-14-29(15-13-27)37(33,34)20-16-24-23(35-20)25-22(30)21(26-28-10-2-3-11-28)17-4-6-18(7-5-17)36(31,32)19-8-9-19/h4-7,16,19H,2-3,8-15H2,1H3,(H,24,25,30)/b26-21+. The van der Waals surface area contributed by atoms with Crippen molar-refractivity contribution in [2.75, 3.05) is 51.6 Å². The van der Waals surface area contributed by atoms with Crippen molar-refractivity contribution >= 4 is 47.9 Å². The third kappa shape index (κ3) is 5.72. The number of nitrogens with one attached hydrogen (secondary N) is 1. The van der Waals surface area contributed by atoms with Gasteiger partial charge in [0, 0.05) is 44.8 Å². The highest BCUT2D eigenvalue weighted by molar-refractivity contribution is 7.92. The second kappa shape index (κ2) is 10.4. The smallest absolute Gasteiger partial charge is 0.278 e. The van der Waals surface area contributed by atoms with E-state index in [1.54, 1.807) is 12.1 Å². The highest BCUT2D eigenvalue weighted by Crippen LogP contribution is 2.33. The molecule has 1 amide bonds. The van der Waals surface area contributed by atoms with Gasteiger partial charge in [-0.1, -0.05) is 23.5 Å². The second-order valence-corrected chi connectivity index (χ2v) is 14.9. The maximum absolute atomic E-state index is 13.3. The Kier molecular flexibility index (Phi) is 7.38. The molecule has 2 aliphatic heterocycles. The van der Waals surface area contributed by atoms with Crippen LogP contribution < -0.4 is 5.32 Å². The van der Waals surface area contributed by atoms with Crippen LogP contribution in [0.4, 0.5) is 5.13 Å². The fourth-order valence-electron chi connectivity index (χ4n) is 4.30. The van der Waals surface area contributed by atoms with E-state index in [4.69, 9.17) is 0 Å². The van der Waals surface area contributed by atoms with Gasteiger partial charge in [0.1, 0.15) is 0 Å². The predicted molar refractivity (Wildman–Crippen MR) is 141 cm³/mol. The lowest BCUT2D eigenvalue weighted by atomic mass is 10.1. The summed E-state index contributed by atoms with van der Waals surface area (Å²) in [4.78, 5) is 19.8. The molecule has 5 rings (SSSR count). The van der Waals surface area contributed by atoms with E-state index in [-0.39, 0.29) is 25.2 Å². The number of hydrogen-bond acceptors (Lipinski definition) is 10. The number of likely N-dealkylation sites (N-methyl/N-ethyl adjacent to an activating group) is 1. The lowest BCUT2D eigenvalue weighted by Crippen LogP contribution is -2.46. The molecule has 3 heterocycles. The van der Waals surface area contributed by atoms with Gasteiger partial charge < -0.3 is 4.90 Å². The summed E-state index contributed by atoms with van der Waals surface area (Å²) >= 11 is 0.900. The number of carbonyl (C=O) groups is 1. The lowest BCUT2D eigenvalue weighted by molar-refractivity contribution is -0.110. The Labute approximate surface area is 221 Å². The van der Waals surface area contributed by atoms with Crippen LogP contribution in [0.3, 0.4) is 0 Å². The van der Waals surface area contributed by atoms with Crippen LogP contribution in [-0.4, -0.2) is 99.2 Å². The fraction of sp³-hybridized carbons (Fsp3) is 0.522. The maximum Gasteiger partial charge on any atom is 0.278 e. The van der Waals surface area contributed by atoms with E-state index in [0.717, 1.165) is 37.3 Å². The Morgan fingerprint density at radius 1 is 1.00 bits per heavy atom. The van der Waals surface area contributed by atoms with E-state index in [2.05, 4.69) is 20.3 Å². The molecule has 2 saturated heterocycles. The molecule has 1 aliphatic carbocycles. The summed E-state index contributed by atoms with van der Waals surface area (Å²) < 4.78 is 52.7. The van der Waals surface area contributed by atoms with E-state index in [1.165, 1.54) is 22.6 Å². The van der Waals surface area contributed by atoms with Crippen molar-refractivity contribution in [1.82, 2.24) is 19.2 Å². The summed E-state index contributed by atoms with van der Waals surface area (Å²) in [6, 6.07) is 6.21. The number of anilines is 1. The largest absolute Gasteiger partial charge is 0.304 e. The fourth-order valence-corrected chi connectivity index (χ4v) is 8.56. The number of carbonyl (C=O) groups excluding carboxylic acids is 1. The van der Waals surface area contributed by atoms with Crippen LogP contribution in [0.5, 0.6) is 0 Å². The topological polar surface area (TPSA) is 132 Å². The number of sulfonamides is 1. The monoisotopic (exact) mass is 566 g/mol. The summed E-state index contributed by atoms with van der Waals surface area (Å²) in [6.07, 6.45) is 4.56. The van der Waals surface area contributed by atoms with Crippen LogP contribution in [0.1, 0.15) is 31.2 Å². The molecule has 3 aliphatic rings. The molecule has 0 unspecified atom stereocenters. The van der Waals surface area contributed by atoms with Gasteiger partial charge in [-0.15, -0.1) is 0 Å². The zero-order valence-corrected chi connectivity index (χ0v) is 23.0. The SMILES string of the molecule is CN1CCN(S(=O)(=O)c2cnc(NC(=O)/C(=N/N3CCCC3)c3ccc(S(=O)(=O)C4CC4)cc3)s2)CC1. The summed E-state index contributed by atoms with van der Waals surface area (Å²) in [7, 11) is -5.09. The minimum atomic E-state index is -3.70. The first-order valence-corrected chi connectivity index (χ1v) is 16.1. The molecule has 14 heteroatoms. The normalized spacial score (nSPS) is 20.4. The van der Waals surface area contributed by atoms with E-state index >= 15 is 0 Å². The van der Waals surface area contributed by atoms with Gasteiger partial charge in [0.2, 0.25) is 0 Å². The van der Waals surface area contributed by atoms with Crippen LogP contribution in [0.15, 0.2) is 44.7 Å². The van der Waals surface area contributed by atoms with Crippen LogP contribution >= 0.6 is 11.3 Å². The highest BCUT2D eigenvalue weighted by atomic mass is 32.2. The molecule has 0 atom stereocenters. The van der Waals surface area contributed by atoms with Crippen molar-refractivity contribution in [3.8, 4) is 0 Å². The lowest BCUT2D eigenvalue weighted by Gasteiger charge is -2.30. The van der Waals surface area contributed by atoms with Gasteiger partial charge in [0.15, 0.2) is 24.9 Å². The predicted octanol–water partition coefficient (Wildman–Crippen LogP) is 1.45. The van der Waals surface area contributed by atoms with Gasteiger partial charge in [-0.05, 0) is 44.9 Å². The number of thiazole rings is 1. The number of piperazine rings is 1. The summed E-state index contributed by atoms with van der Waals surface area (Å²) in [5, 5.41) is 8.89. The van der Waals surface area contributed by atoms with Gasteiger partial charge >= 0.3 is 0 Å². The maximum atomic E-state index is 13.3. The molecule has 37 heavy (non-hydrogen) atoms. The van der Waals surface area contributed by atoms with Crippen LogP contribution in [0.25, 0.3) is 0 Å². The Bertz CT molecular complexity index is 1390. The molecular formula is C23H30N6O5S3. The first-order chi connectivity index (χ1) is 17.6. The number of rotatable bonds is 8. The first-order valence-electron chi connectivity index (χ1n) is 12.3. The highest BCUT2D eigenvalue weighted by Gasteiger charge is 2.37. The quantitative estimate of drug-likeness (QED) is 0.475. The minimum absolute atomic E-state index is 0.0695. The van der Waals surface area contributed by atoms with Crippen molar-refractivity contribution in [2.45, 2.75) is 40.0 Å². The molecule has 0 bridgehead atoms. The third-order valence-electron chi connectivity index (χ3n) is 6.72. The molecule has 1 saturated carbocycles. The molecule has 2 aromatic rings. The number of benzene rings is 1. The molecule has 1 aromatic heterocycles. The second-order valence-electron chi connectivity index (χ2n) is 9.52. The summed E-state index contributed by atoms with van der Waals surface area (Å²) in [5.74, 6) is -0.539. The van der Waals surface area contributed by atoms with Crippen LogP contribution in [0.2, 0.25) is 0 Å². The molecule has 0 radical (unpaired) electrons. The molecule has 1 aromatic carbocycles. The van der Waals surface area contributed by atoms with Crippen molar-refractivity contribution in [3.05, 3.63) is 36.0 Å². The van der Waals surface area contributed by atoms with Gasteiger partial charge in [0.25, 0.3) is 15.9 Å². The average molecular weight is 567 g/mol. The van der Waals surface area contributed by atoms with E-state index < -0.39 is 25.8 Å². The van der Waals surface area contributed by atoms with Gasteiger partial charge in [-0.25, -0.2) is 21.8 Å². The van der Waals surface area contributed by atoms with Crippen LogP contribution in [-0.2, 0) is 24.7 Å². The Morgan fingerprint density at radius 2 is 1.65 bits per heavy atom. The Morgan fingerprint density at radius 3 is 2.27 bits per heavy atom. The number of aromatic nitrogens is 1. The minimum Gasteiger partial charge on any atom is -0.304 e. The van der Waals surface area contributed by atoms with Crippen molar-refractivity contribution in [2.24, 2.45) is 5.10 Å². The zero-order chi connectivity index (χ0) is 26.2. The summed E-state index contributed by atoms with van der Waals surface area (Å²) in [5.41, 5.74) is 0.594. The molecule has 200 valence electrons. The third-order valence-corrected chi connectivity index (χ3v) is 12.2. The van der Waals surface area contributed by atoms with Gasteiger partial charge in [-0.3, -0.25) is 15.1 Å². The van der Waals surface area contributed by atoms with E-state index in [9.17, 15) is 21.6 Å². The van der Waals surface area contributed by atoms with E-state index in [1.807, 2.05) is 12.1 Å². The van der Waals surface area contributed by atoms with Crippen molar-refractivity contribution in [3.63, 3.8) is 0 Å². The van der Waals surface area contributed by atoms with Gasteiger partial charge in [0.05, 0.1) is 16.3 Å². The number of sulfone groups is 1. The van der Waals surface area contributed by atoms with Gasteiger partial charge in [-0.2, -0.15) is 9.41 Å². The Balaban J connectivity index is 1.36. The average Bonchev–Trinajstić information content (AvgIpc) is 3.43. The van der Waals surface area contributed by atoms with E-state index in [0.29, 0.717) is 44.6 Å². The summed E-state index contributed by atoms with van der Waals surface area (Å²) in [6.45, 7) is 3.54. The van der Waals surface area contributed by atoms with Crippen molar-refractivity contribution in [1.29, 1.82) is 0 Å². The number of hydrazone groups is 1. The molecule has 3 fully saturated rings. The van der Waals surface area contributed by atoms with Crippen molar-refractivity contribution < 1.29 is 21.6 Å².